The van der Waals surface area contributed by atoms with Gasteiger partial charge < -0.3 is 11.1 Å². The zero-order valence-electron chi connectivity index (χ0n) is 7.81. The summed E-state index contributed by atoms with van der Waals surface area (Å²) in [4.78, 5) is 15.5. The van der Waals surface area contributed by atoms with Crippen molar-refractivity contribution in [3.63, 3.8) is 0 Å². The zero-order valence-corrected chi connectivity index (χ0v) is 8.62. The fourth-order valence-electron chi connectivity index (χ4n) is 1.08. The molecule has 76 valence electrons. The molecule has 0 atom stereocenters. The predicted octanol–water partition coefficient (Wildman–Crippen LogP) is 1.98. The van der Waals surface area contributed by atoms with E-state index in [0.717, 1.165) is 0 Å². The largest absolute Gasteiger partial charge is 0.384 e. The normalized spacial score (nSPS) is 9.87. The van der Waals surface area contributed by atoms with Gasteiger partial charge in [0, 0.05) is 5.38 Å². The van der Waals surface area contributed by atoms with Crippen LogP contribution < -0.4 is 11.1 Å². The topological polar surface area (TPSA) is 68.0 Å². The second kappa shape index (κ2) is 4.10. The van der Waals surface area contributed by atoms with E-state index in [9.17, 15) is 4.79 Å². The van der Waals surface area contributed by atoms with Crippen molar-refractivity contribution >= 4 is 28.7 Å². The van der Waals surface area contributed by atoms with Crippen LogP contribution in [0.4, 0.5) is 11.5 Å². The smallest absolute Gasteiger partial charge is 0.256 e. The number of hydrogen-bond donors (Lipinski definition) is 2. The zero-order chi connectivity index (χ0) is 10.7. The number of nitrogens with one attached hydrogen (secondary N) is 1. The first-order chi connectivity index (χ1) is 7.25. The molecule has 0 aliphatic rings. The van der Waals surface area contributed by atoms with Crippen LogP contribution in [0, 0.1) is 0 Å². The number of nitrogens with two attached hydrogens (primary N) is 1. The summed E-state index contributed by atoms with van der Waals surface area (Å²) in [6.07, 6.45) is 1.53. The average molecular weight is 219 g/mol. The standard InChI is InChI=1S/C10H9N3OS/c11-9-2-1-8(5-12-9)13-10(14)7-3-4-15-6-7/h1-6H,(H2,11,12)(H,13,14). The number of amides is 1. The Kier molecular flexibility index (Phi) is 2.64. The van der Waals surface area contributed by atoms with Crippen LogP contribution in [0.2, 0.25) is 0 Å². The Labute approximate surface area is 90.8 Å². The molecule has 0 fully saturated rings. The SMILES string of the molecule is Nc1ccc(NC(=O)c2ccsc2)cn1. The van der Waals surface area contributed by atoms with E-state index < -0.39 is 0 Å². The fourth-order valence-corrected chi connectivity index (χ4v) is 1.71. The van der Waals surface area contributed by atoms with Crippen molar-refractivity contribution in [1.29, 1.82) is 0 Å². The third-order valence-electron chi connectivity index (χ3n) is 1.83. The van der Waals surface area contributed by atoms with Gasteiger partial charge in [-0.3, -0.25) is 4.79 Å². The van der Waals surface area contributed by atoms with Gasteiger partial charge in [-0.05, 0) is 23.6 Å². The summed E-state index contributed by atoms with van der Waals surface area (Å²) in [5, 5.41) is 6.37. The molecule has 0 aliphatic heterocycles. The number of nitrogens with zero attached hydrogens (tertiary/aromatic N) is 1. The van der Waals surface area contributed by atoms with Gasteiger partial charge in [0.15, 0.2) is 0 Å². The first kappa shape index (κ1) is 9.67. The van der Waals surface area contributed by atoms with Gasteiger partial charge in [-0.25, -0.2) is 4.98 Å². The molecule has 2 aromatic rings. The lowest BCUT2D eigenvalue weighted by Crippen LogP contribution is -2.10. The lowest BCUT2D eigenvalue weighted by Gasteiger charge is -2.02. The average Bonchev–Trinajstić information content (AvgIpc) is 2.74. The van der Waals surface area contributed by atoms with Crippen molar-refractivity contribution in [2.45, 2.75) is 0 Å². The molecule has 15 heavy (non-hydrogen) atoms. The number of pyridine rings is 1. The molecule has 2 heterocycles. The van der Waals surface area contributed by atoms with Crippen molar-refractivity contribution in [2.24, 2.45) is 0 Å². The Morgan fingerprint density at radius 2 is 2.27 bits per heavy atom. The van der Waals surface area contributed by atoms with E-state index in [1.54, 1.807) is 23.6 Å². The molecule has 0 bridgehead atoms. The molecule has 2 aromatic heterocycles. The monoisotopic (exact) mass is 219 g/mol. The van der Waals surface area contributed by atoms with E-state index >= 15 is 0 Å². The van der Waals surface area contributed by atoms with E-state index in [-0.39, 0.29) is 5.91 Å². The van der Waals surface area contributed by atoms with Crippen molar-refractivity contribution in [1.82, 2.24) is 4.98 Å². The van der Waals surface area contributed by atoms with Crippen molar-refractivity contribution < 1.29 is 4.79 Å². The first-order valence-electron chi connectivity index (χ1n) is 4.31. The van der Waals surface area contributed by atoms with Gasteiger partial charge in [-0.15, -0.1) is 0 Å². The van der Waals surface area contributed by atoms with Crippen LogP contribution in [0.5, 0.6) is 0 Å². The second-order valence-electron chi connectivity index (χ2n) is 2.94. The predicted molar refractivity (Wildman–Crippen MR) is 60.9 cm³/mol. The molecule has 0 saturated carbocycles. The number of hydrogen-bond acceptors (Lipinski definition) is 4. The molecule has 0 unspecified atom stereocenters. The van der Waals surface area contributed by atoms with Gasteiger partial charge in [0.2, 0.25) is 0 Å². The Morgan fingerprint density at radius 1 is 1.40 bits per heavy atom. The lowest BCUT2D eigenvalue weighted by molar-refractivity contribution is 0.102. The van der Waals surface area contributed by atoms with Crippen LogP contribution >= 0.6 is 11.3 Å². The first-order valence-corrected chi connectivity index (χ1v) is 5.25. The summed E-state index contributed by atoms with van der Waals surface area (Å²) in [7, 11) is 0. The van der Waals surface area contributed by atoms with Crippen LogP contribution in [-0.4, -0.2) is 10.9 Å². The summed E-state index contributed by atoms with van der Waals surface area (Å²) >= 11 is 1.48. The quantitative estimate of drug-likeness (QED) is 0.811. The molecule has 0 spiro atoms. The van der Waals surface area contributed by atoms with Crippen LogP contribution in [0.3, 0.4) is 0 Å². The summed E-state index contributed by atoms with van der Waals surface area (Å²) in [6, 6.07) is 5.13. The molecular weight excluding hydrogens is 210 g/mol. The van der Waals surface area contributed by atoms with Gasteiger partial charge >= 0.3 is 0 Å². The molecule has 0 aromatic carbocycles. The van der Waals surface area contributed by atoms with Gasteiger partial charge in [-0.1, -0.05) is 0 Å². The molecule has 4 nitrogen and oxygen atoms in total. The van der Waals surface area contributed by atoms with Gasteiger partial charge in [0.05, 0.1) is 17.4 Å². The van der Waals surface area contributed by atoms with Crippen LogP contribution in [0.1, 0.15) is 10.4 Å². The van der Waals surface area contributed by atoms with E-state index in [2.05, 4.69) is 10.3 Å². The highest BCUT2D eigenvalue weighted by molar-refractivity contribution is 7.08. The van der Waals surface area contributed by atoms with E-state index in [0.29, 0.717) is 17.1 Å². The highest BCUT2D eigenvalue weighted by Gasteiger charge is 2.05. The number of anilines is 2. The lowest BCUT2D eigenvalue weighted by atomic mass is 10.3. The van der Waals surface area contributed by atoms with Crippen molar-refractivity contribution in [3.8, 4) is 0 Å². The van der Waals surface area contributed by atoms with Gasteiger partial charge in [0.1, 0.15) is 5.82 Å². The summed E-state index contributed by atoms with van der Waals surface area (Å²) < 4.78 is 0. The van der Waals surface area contributed by atoms with E-state index in [4.69, 9.17) is 5.73 Å². The van der Waals surface area contributed by atoms with Crippen LogP contribution in [0.25, 0.3) is 0 Å². The van der Waals surface area contributed by atoms with E-state index in [1.807, 2.05) is 5.38 Å². The maximum Gasteiger partial charge on any atom is 0.256 e. The number of nitrogen functional groups attached to an aromatic ring is 1. The highest BCUT2D eigenvalue weighted by atomic mass is 32.1. The molecule has 0 aliphatic carbocycles. The minimum atomic E-state index is -0.136. The highest BCUT2D eigenvalue weighted by Crippen LogP contribution is 2.11. The van der Waals surface area contributed by atoms with Crippen molar-refractivity contribution in [3.05, 3.63) is 40.7 Å². The summed E-state index contributed by atoms with van der Waals surface area (Å²) in [5.74, 6) is 0.298. The minimum Gasteiger partial charge on any atom is -0.384 e. The number of aromatic nitrogens is 1. The van der Waals surface area contributed by atoms with Crippen LogP contribution in [-0.2, 0) is 0 Å². The molecular formula is C10H9N3OS. The molecule has 3 N–H and O–H groups in total. The fraction of sp³-hybridized carbons (Fsp3) is 0. The Morgan fingerprint density at radius 3 is 2.87 bits per heavy atom. The number of carbonyl (C=O) groups excluding carboxylic acids is 1. The minimum absolute atomic E-state index is 0.136. The number of thiophene rings is 1. The molecule has 0 radical (unpaired) electrons. The van der Waals surface area contributed by atoms with Crippen LogP contribution in [0.15, 0.2) is 35.2 Å². The van der Waals surface area contributed by atoms with Gasteiger partial charge in [0.25, 0.3) is 5.91 Å². The third kappa shape index (κ3) is 2.32. The molecule has 2 rings (SSSR count). The maximum atomic E-state index is 11.6. The Hall–Kier alpha value is -1.88. The molecule has 1 amide bonds. The third-order valence-corrected chi connectivity index (χ3v) is 2.51. The summed E-state index contributed by atoms with van der Waals surface area (Å²) in [6.45, 7) is 0. The van der Waals surface area contributed by atoms with Crippen molar-refractivity contribution in [2.75, 3.05) is 11.1 Å². The molecule has 0 saturated heterocycles. The summed E-state index contributed by atoms with van der Waals surface area (Å²) in [5.41, 5.74) is 6.72. The van der Waals surface area contributed by atoms with Gasteiger partial charge in [-0.2, -0.15) is 11.3 Å². The molecule has 5 heteroatoms. The Bertz CT molecular complexity index is 450. The van der Waals surface area contributed by atoms with E-state index in [1.165, 1.54) is 17.5 Å². The second-order valence-corrected chi connectivity index (χ2v) is 3.72. The number of carbonyl (C=O) groups is 1. The maximum absolute atomic E-state index is 11.6. The number of rotatable bonds is 2. The Balaban J connectivity index is 2.09.